The molecule has 8 heteroatoms. The number of hydrazine groups is 1. The van der Waals surface area contributed by atoms with Gasteiger partial charge in [-0.15, -0.1) is 0 Å². The molecule has 3 aromatic carbocycles. The molecule has 1 saturated heterocycles. The van der Waals surface area contributed by atoms with Gasteiger partial charge in [-0.1, -0.05) is 85.3 Å². The maximum Gasteiger partial charge on any atom is 0.257 e. The van der Waals surface area contributed by atoms with Crippen molar-refractivity contribution in [1.82, 2.24) is 20.2 Å². The largest absolute Gasteiger partial charge is 0.332 e. The highest BCUT2D eigenvalue weighted by molar-refractivity contribution is 5.95. The van der Waals surface area contributed by atoms with Gasteiger partial charge in [0.2, 0.25) is 11.8 Å². The number of hydrogen-bond acceptors (Lipinski definition) is 5. The first kappa shape index (κ1) is 32.9. The zero-order valence-electron chi connectivity index (χ0n) is 26.5. The first-order chi connectivity index (χ1) is 21.0. The molecular formula is C36H47N5O3. The third kappa shape index (κ3) is 9.24. The lowest BCUT2D eigenvalue weighted by Crippen LogP contribution is -2.58. The number of hydrogen-bond donors (Lipinski definition) is 2. The molecule has 1 fully saturated rings. The number of piperidine rings is 1. The van der Waals surface area contributed by atoms with Crippen LogP contribution < -0.4 is 11.2 Å². The summed E-state index contributed by atoms with van der Waals surface area (Å²) in [4.78, 5) is 44.6. The van der Waals surface area contributed by atoms with E-state index >= 15 is 0 Å². The van der Waals surface area contributed by atoms with Crippen molar-refractivity contribution in [3.8, 4) is 0 Å². The summed E-state index contributed by atoms with van der Waals surface area (Å²) >= 11 is 0. The van der Waals surface area contributed by atoms with E-state index in [4.69, 9.17) is 5.73 Å². The van der Waals surface area contributed by atoms with Crippen molar-refractivity contribution in [2.24, 2.45) is 5.73 Å². The van der Waals surface area contributed by atoms with Crippen LogP contribution >= 0.6 is 0 Å². The Morgan fingerprint density at radius 2 is 1.48 bits per heavy atom. The van der Waals surface area contributed by atoms with Gasteiger partial charge in [-0.25, -0.2) is 5.01 Å². The Morgan fingerprint density at radius 3 is 2.16 bits per heavy atom. The average molecular weight is 598 g/mol. The highest BCUT2D eigenvalue weighted by Gasteiger charge is 2.35. The van der Waals surface area contributed by atoms with Crippen LogP contribution in [0.5, 0.6) is 0 Å². The number of benzene rings is 3. The molecule has 1 unspecified atom stereocenters. The summed E-state index contributed by atoms with van der Waals surface area (Å²) in [5.74, 6) is -0.814. The summed E-state index contributed by atoms with van der Waals surface area (Å²) in [5, 5.41) is 4.12. The molecule has 1 heterocycles. The van der Waals surface area contributed by atoms with Crippen LogP contribution in [0.3, 0.4) is 0 Å². The fourth-order valence-corrected chi connectivity index (χ4v) is 5.58. The zero-order chi connectivity index (χ0) is 31.7. The standard InChI is InChI=1S/C36H47N5O3/c1-36(2,37)21-13-18-33(42)39(3)32(26-28-19-20-29-16-9-10-17-30(29)24-28)35(44)40(4)31(25-27-14-7-5-8-15-27)34(43)38-41-22-11-6-12-23-41/h5,7-10,13-20,24,31-32H,6,11-12,21-23,25-26,37H2,1-4H3,(H,38,43)/b18-13+/t31?,32-/m1/s1. The van der Waals surface area contributed by atoms with Crippen LogP contribution in [0.25, 0.3) is 10.8 Å². The Bertz CT molecular complexity index is 1440. The van der Waals surface area contributed by atoms with E-state index in [-0.39, 0.29) is 17.7 Å². The van der Waals surface area contributed by atoms with Crippen molar-refractivity contribution in [2.45, 2.75) is 70.0 Å². The lowest BCUT2D eigenvalue weighted by atomic mass is 9.98. The molecule has 0 spiro atoms. The second-order valence-electron chi connectivity index (χ2n) is 12.6. The number of rotatable bonds is 12. The van der Waals surface area contributed by atoms with Crippen LogP contribution in [0.4, 0.5) is 0 Å². The van der Waals surface area contributed by atoms with Gasteiger partial charge in [0, 0.05) is 45.6 Å². The van der Waals surface area contributed by atoms with E-state index in [0.717, 1.165) is 54.3 Å². The van der Waals surface area contributed by atoms with Crippen LogP contribution in [-0.2, 0) is 27.2 Å². The highest BCUT2D eigenvalue weighted by Crippen LogP contribution is 2.20. The molecule has 3 amide bonds. The predicted molar refractivity (Wildman–Crippen MR) is 177 cm³/mol. The van der Waals surface area contributed by atoms with Crippen LogP contribution in [0.15, 0.2) is 84.9 Å². The van der Waals surface area contributed by atoms with Gasteiger partial charge in [0.15, 0.2) is 0 Å². The Morgan fingerprint density at radius 1 is 0.841 bits per heavy atom. The maximum absolute atomic E-state index is 14.4. The summed E-state index contributed by atoms with van der Waals surface area (Å²) in [6, 6.07) is 22.3. The van der Waals surface area contributed by atoms with E-state index in [1.165, 1.54) is 15.9 Å². The van der Waals surface area contributed by atoms with Crippen molar-refractivity contribution in [3.63, 3.8) is 0 Å². The molecule has 1 aliphatic rings. The van der Waals surface area contributed by atoms with Crippen LogP contribution in [-0.4, -0.2) is 77.3 Å². The Labute approximate surface area is 261 Å². The number of nitrogens with one attached hydrogen (secondary N) is 1. The second-order valence-corrected chi connectivity index (χ2v) is 12.6. The number of likely N-dealkylation sites (N-methyl/N-ethyl adjacent to an activating group) is 2. The fraction of sp³-hybridized carbons (Fsp3) is 0.417. The molecule has 0 bridgehead atoms. The van der Waals surface area contributed by atoms with E-state index in [0.29, 0.717) is 19.3 Å². The molecule has 1 aliphatic heterocycles. The molecule has 0 saturated carbocycles. The van der Waals surface area contributed by atoms with E-state index in [2.05, 4.69) is 11.5 Å². The molecule has 0 radical (unpaired) electrons. The molecule has 0 aromatic heterocycles. The average Bonchev–Trinajstić information content (AvgIpc) is 3.01. The first-order valence-electron chi connectivity index (χ1n) is 15.6. The molecule has 234 valence electrons. The highest BCUT2D eigenvalue weighted by atomic mass is 16.2. The topological polar surface area (TPSA) is 99.0 Å². The van der Waals surface area contributed by atoms with Crippen molar-refractivity contribution >= 4 is 28.5 Å². The van der Waals surface area contributed by atoms with Crippen LogP contribution in [0, 0.1) is 0 Å². The van der Waals surface area contributed by atoms with Crippen LogP contribution in [0.2, 0.25) is 0 Å². The summed E-state index contributed by atoms with van der Waals surface area (Å²) < 4.78 is 0. The smallest absolute Gasteiger partial charge is 0.257 e. The Kier molecular flexibility index (Phi) is 11.3. The lowest BCUT2D eigenvalue weighted by Gasteiger charge is -2.36. The number of amides is 3. The van der Waals surface area contributed by atoms with Gasteiger partial charge < -0.3 is 15.5 Å². The van der Waals surface area contributed by atoms with Gasteiger partial charge in [-0.05, 0) is 61.1 Å². The summed E-state index contributed by atoms with van der Waals surface area (Å²) in [5.41, 5.74) is 10.6. The summed E-state index contributed by atoms with van der Waals surface area (Å²) in [6.07, 6.45) is 7.61. The zero-order valence-corrected chi connectivity index (χ0v) is 26.5. The minimum atomic E-state index is -0.828. The molecule has 0 aliphatic carbocycles. The Hall–Kier alpha value is -4.01. The van der Waals surface area contributed by atoms with E-state index in [1.54, 1.807) is 20.2 Å². The monoisotopic (exact) mass is 597 g/mol. The number of nitrogens with two attached hydrogens (primary N) is 1. The van der Waals surface area contributed by atoms with Gasteiger partial charge in [0.25, 0.3) is 5.91 Å². The number of fused-ring (bicyclic) bond motifs is 1. The van der Waals surface area contributed by atoms with Gasteiger partial charge in [0.1, 0.15) is 12.1 Å². The number of carbonyl (C=O) groups excluding carboxylic acids is 3. The van der Waals surface area contributed by atoms with Gasteiger partial charge in [-0.2, -0.15) is 0 Å². The van der Waals surface area contributed by atoms with Crippen molar-refractivity contribution in [1.29, 1.82) is 0 Å². The maximum atomic E-state index is 14.4. The number of nitrogens with zero attached hydrogens (tertiary/aromatic N) is 3. The third-order valence-corrected chi connectivity index (χ3v) is 8.26. The minimum absolute atomic E-state index is 0.227. The Balaban J connectivity index is 1.63. The van der Waals surface area contributed by atoms with Gasteiger partial charge >= 0.3 is 0 Å². The molecule has 8 nitrogen and oxygen atoms in total. The SMILES string of the molecule is CN(C(=O)[C@@H](Cc1ccc2ccccc2c1)N(C)C(=O)/C=C/CC(C)(C)N)C(Cc1ccccc1)C(=O)NN1CCCCC1. The summed E-state index contributed by atoms with van der Waals surface area (Å²) in [7, 11) is 3.32. The molecule has 2 atom stereocenters. The van der Waals surface area contributed by atoms with Crippen LogP contribution in [0.1, 0.15) is 50.7 Å². The summed E-state index contributed by atoms with van der Waals surface area (Å²) in [6.45, 7) is 5.37. The van der Waals surface area contributed by atoms with E-state index in [1.807, 2.05) is 85.6 Å². The second kappa shape index (κ2) is 15.1. The number of carbonyl (C=O) groups is 3. The van der Waals surface area contributed by atoms with Gasteiger partial charge in [-0.3, -0.25) is 19.8 Å². The minimum Gasteiger partial charge on any atom is -0.332 e. The quantitative estimate of drug-likeness (QED) is 0.300. The predicted octanol–water partition coefficient (Wildman–Crippen LogP) is 4.48. The molecule has 3 aromatic rings. The van der Waals surface area contributed by atoms with E-state index in [9.17, 15) is 14.4 Å². The molecule has 3 N–H and O–H groups in total. The van der Waals surface area contributed by atoms with Crippen molar-refractivity contribution < 1.29 is 14.4 Å². The lowest BCUT2D eigenvalue weighted by molar-refractivity contribution is -0.147. The normalized spacial score (nSPS) is 15.6. The third-order valence-electron chi connectivity index (χ3n) is 8.26. The van der Waals surface area contributed by atoms with E-state index < -0.39 is 17.6 Å². The van der Waals surface area contributed by atoms with Crippen molar-refractivity contribution in [3.05, 3.63) is 96.1 Å². The van der Waals surface area contributed by atoms with Gasteiger partial charge in [0.05, 0.1) is 0 Å². The molecular weight excluding hydrogens is 550 g/mol. The molecule has 4 rings (SSSR count). The molecule has 44 heavy (non-hydrogen) atoms. The fourth-order valence-electron chi connectivity index (χ4n) is 5.58. The first-order valence-corrected chi connectivity index (χ1v) is 15.6. The van der Waals surface area contributed by atoms with Crippen molar-refractivity contribution in [2.75, 3.05) is 27.2 Å².